The van der Waals surface area contributed by atoms with Gasteiger partial charge in [0, 0.05) is 31.2 Å². The Morgan fingerprint density at radius 3 is 2.62 bits per heavy atom. The quantitative estimate of drug-likeness (QED) is 0.569. The molecule has 5 nitrogen and oxygen atoms in total. The zero-order chi connectivity index (χ0) is 18.3. The largest absolute Gasteiger partial charge is 0.330 e. The number of rotatable bonds is 3. The standard InChI is InChI=1S/C19H14F2N4O/c1-24-18-17(25(19(24)26)11-12-3-2-6-22-9-12)8-14(10-23-18)13-4-5-15(20)16(21)7-13/h2-10H,11H2,1H3. The van der Waals surface area contributed by atoms with Crippen LogP contribution in [0, 0.1) is 11.6 Å². The minimum absolute atomic E-state index is 0.209. The molecule has 7 heteroatoms. The summed E-state index contributed by atoms with van der Waals surface area (Å²) >= 11 is 0. The second-order valence-electron chi connectivity index (χ2n) is 5.98. The number of benzene rings is 1. The number of fused-ring (bicyclic) bond motifs is 1. The lowest BCUT2D eigenvalue weighted by Gasteiger charge is -2.05. The van der Waals surface area contributed by atoms with E-state index in [1.807, 2.05) is 6.07 Å². The number of hydrogen-bond acceptors (Lipinski definition) is 3. The molecule has 0 atom stereocenters. The molecule has 0 aliphatic rings. The van der Waals surface area contributed by atoms with Gasteiger partial charge in [-0.15, -0.1) is 0 Å². The van der Waals surface area contributed by atoms with Crippen LogP contribution in [0.4, 0.5) is 8.78 Å². The van der Waals surface area contributed by atoms with Crippen LogP contribution in [0.1, 0.15) is 5.56 Å². The number of pyridine rings is 2. The number of halogens is 2. The van der Waals surface area contributed by atoms with Gasteiger partial charge in [0.25, 0.3) is 0 Å². The first-order chi connectivity index (χ1) is 12.5. The van der Waals surface area contributed by atoms with Crippen LogP contribution < -0.4 is 5.69 Å². The van der Waals surface area contributed by atoms with Crippen LogP contribution in [0.3, 0.4) is 0 Å². The van der Waals surface area contributed by atoms with E-state index in [4.69, 9.17) is 0 Å². The Bertz CT molecular complexity index is 1170. The first-order valence-corrected chi connectivity index (χ1v) is 7.94. The molecule has 26 heavy (non-hydrogen) atoms. The zero-order valence-electron chi connectivity index (χ0n) is 13.9. The molecule has 4 rings (SSSR count). The summed E-state index contributed by atoms with van der Waals surface area (Å²) in [7, 11) is 1.65. The molecular formula is C19H14F2N4O. The summed E-state index contributed by atoms with van der Waals surface area (Å²) in [5.41, 5.74) is 2.89. The van der Waals surface area contributed by atoms with E-state index in [0.717, 1.165) is 17.7 Å². The Balaban J connectivity index is 1.88. The van der Waals surface area contributed by atoms with Gasteiger partial charge in [0.1, 0.15) is 0 Å². The van der Waals surface area contributed by atoms with E-state index >= 15 is 0 Å². The van der Waals surface area contributed by atoms with Crippen molar-refractivity contribution in [3.8, 4) is 11.1 Å². The van der Waals surface area contributed by atoms with E-state index < -0.39 is 11.6 Å². The highest BCUT2D eigenvalue weighted by Gasteiger charge is 2.14. The van der Waals surface area contributed by atoms with Crippen molar-refractivity contribution in [2.75, 3.05) is 0 Å². The van der Waals surface area contributed by atoms with E-state index in [1.165, 1.54) is 10.6 Å². The van der Waals surface area contributed by atoms with Crippen LogP contribution in [-0.2, 0) is 13.6 Å². The van der Waals surface area contributed by atoms with Crippen molar-refractivity contribution < 1.29 is 8.78 Å². The van der Waals surface area contributed by atoms with Crippen molar-refractivity contribution in [1.29, 1.82) is 0 Å². The summed E-state index contributed by atoms with van der Waals surface area (Å²) < 4.78 is 29.8. The summed E-state index contributed by atoms with van der Waals surface area (Å²) in [6.45, 7) is 0.340. The monoisotopic (exact) mass is 352 g/mol. The van der Waals surface area contributed by atoms with Gasteiger partial charge in [-0.05, 0) is 35.4 Å². The first kappa shape index (κ1) is 16.1. The van der Waals surface area contributed by atoms with Crippen LogP contribution in [0.5, 0.6) is 0 Å². The number of hydrogen-bond donors (Lipinski definition) is 0. The van der Waals surface area contributed by atoms with Gasteiger partial charge in [-0.3, -0.25) is 14.1 Å². The van der Waals surface area contributed by atoms with Gasteiger partial charge in [-0.1, -0.05) is 12.1 Å². The normalized spacial score (nSPS) is 11.2. The van der Waals surface area contributed by atoms with Gasteiger partial charge in [0.2, 0.25) is 0 Å². The minimum Gasteiger partial charge on any atom is -0.286 e. The predicted molar refractivity (Wildman–Crippen MR) is 93.7 cm³/mol. The van der Waals surface area contributed by atoms with Crippen LogP contribution in [-0.4, -0.2) is 19.1 Å². The average Bonchev–Trinajstić information content (AvgIpc) is 2.89. The van der Waals surface area contributed by atoms with Crippen molar-refractivity contribution in [1.82, 2.24) is 19.1 Å². The van der Waals surface area contributed by atoms with Gasteiger partial charge >= 0.3 is 5.69 Å². The molecule has 0 amide bonds. The fourth-order valence-electron chi connectivity index (χ4n) is 2.94. The molecule has 0 aliphatic heterocycles. The first-order valence-electron chi connectivity index (χ1n) is 7.94. The summed E-state index contributed by atoms with van der Waals surface area (Å²) in [6.07, 6.45) is 4.90. The third-order valence-corrected chi connectivity index (χ3v) is 4.29. The van der Waals surface area contributed by atoms with Gasteiger partial charge in [-0.25, -0.2) is 18.6 Å². The smallest absolute Gasteiger partial charge is 0.286 e. The molecule has 0 unspecified atom stereocenters. The Kier molecular flexibility index (Phi) is 3.84. The highest BCUT2D eigenvalue weighted by Crippen LogP contribution is 2.24. The predicted octanol–water partition coefficient (Wildman–Crippen LogP) is 3.12. The highest BCUT2D eigenvalue weighted by atomic mass is 19.2. The number of aryl methyl sites for hydroxylation is 1. The number of imidazole rings is 1. The van der Waals surface area contributed by atoms with Crippen molar-refractivity contribution in [3.63, 3.8) is 0 Å². The minimum atomic E-state index is -0.927. The Hall–Kier alpha value is -3.35. The lowest BCUT2D eigenvalue weighted by Crippen LogP contribution is -2.22. The molecule has 3 aromatic heterocycles. The maximum atomic E-state index is 13.6. The molecule has 0 fully saturated rings. The summed E-state index contributed by atoms with van der Waals surface area (Å²) in [4.78, 5) is 21.0. The molecule has 0 saturated heterocycles. The van der Waals surface area contributed by atoms with Crippen molar-refractivity contribution in [2.24, 2.45) is 7.05 Å². The van der Waals surface area contributed by atoms with Crippen LogP contribution in [0.25, 0.3) is 22.3 Å². The summed E-state index contributed by atoms with van der Waals surface area (Å²) in [5.74, 6) is -1.83. The molecule has 0 bridgehead atoms. The molecule has 0 radical (unpaired) electrons. The highest BCUT2D eigenvalue weighted by molar-refractivity contribution is 5.79. The SMILES string of the molecule is Cn1c(=O)n(Cc2cccnc2)c2cc(-c3ccc(F)c(F)c3)cnc21. The van der Waals surface area contributed by atoms with Crippen LogP contribution in [0.15, 0.2) is 59.8 Å². The molecule has 1 aromatic carbocycles. The summed E-state index contributed by atoms with van der Waals surface area (Å²) in [6, 6.07) is 9.11. The Labute approximate surface area is 147 Å². The van der Waals surface area contributed by atoms with Crippen LogP contribution in [0.2, 0.25) is 0 Å². The third kappa shape index (κ3) is 2.67. The maximum Gasteiger partial charge on any atom is 0.330 e. The average molecular weight is 352 g/mol. The fourth-order valence-corrected chi connectivity index (χ4v) is 2.94. The molecule has 3 heterocycles. The van der Waals surface area contributed by atoms with Crippen molar-refractivity contribution >= 4 is 11.2 Å². The van der Waals surface area contributed by atoms with E-state index in [9.17, 15) is 13.6 Å². The Morgan fingerprint density at radius 2 is 1.88 bits per heavy atom. The Morgan fingerprint density at radius 1 is 1.04 bits per heavy atom. The van der Waals surface area contributed by atoms with Gasteiger partial charge in [0.05, 0.1) is 12.1 Å². The molecule has 0 aliphatic carbocycles. The molecular weight excluding hydrogens is 338 g/mol. The lowest BCUT2D eigenvalue weighted by molar-refractivity contribution is 0.509. The number of aromatic nitrogens is 4. The van der Waals surface area contributed by atoms with Gasteiger partial charge < -0.3 is 0 Å². The van der Waals surface area contributed by atoms with E-state index in [0.29, 0.717) is 28.8 Å². The van der Waals surface area contributed by atoms with E-state index in [2.05, 4.69) is 9.97 Å². The molecule has 0 saturated carbocycles. The maximum absolute atomic E-state index is 13.6. The van der Waals surface area contributed by atoms with Gasteiger partial charge in [-0.2, -0.15) is 0 Å². The van der Waals surface area contributed by atoms with Crippen LogP contribution >= 0.6 is 0 Å². The van der Waals surface area contributed by atoms with Gasteiger partial charge in [0.15, 0.2) is 17.3 Å². The molecule has 130 valence electrons. The van der Waals surface area contributed by atoms with E-state index in [-0.39, 0.29) is 5.69 Å². The fraction of sp³-hybridized carbons (Fsp3) is 0.105. The third-order valence-electron chi connectivity index (χ3n) is 4.29. The van der Waals surface area contributed by atoms with E-state index in [1.54, 1.807) is 42.3 Å². The molecule has 0 N–H and O–H groups in total. The lowest BCUT2D eigenvalue weighted by atomic mass is 10.1. The topological polar surface area (TPSA) is 52.7 Å². The number of nitrogens with zero attached hydrogens (tertiary/aromatic N) is 4. The second kappa shape index (κ2) is 6.18. The molecule has 0 spiro atoms. The summed E-state index contributed by atoms with van der Waals surface area (Å²) in [5, 5.41) is 0. The molecule has 4 aromatic rings. The second-order valence-corrected chi connectivity index (χ2v) is 5.98. The van der Waals surface area contributed by atoms with Crippen molar-refractivity contribution in [3.05, 3.63) is 82.7 Å². The zero-order valence-corrected chi connectivity index (χ0v) is 13.9. The van der Waals surface area contributed by atoms with Crippen molar-refractivity contribution in [2.45, 2.75) is 6.54 Å².